The van der Waals surface area contributed by atoms with Gasteiger partial charge in [-0.3, -0.25) is 9.59 Å². The first-order valence-corrected chi connectivity index (χ1v) is 8.85. The van der Waals surface area contributed by atoms with Gasteiger partial charge in [-0.2, -0.15) is 0 Å². The van der Waals surface area contributed by atoms with E-state index in [0.29, 0.717) is 25.7 Å². The number of carboxylic acids is 1. The molecule has 0 unspecified atom stereocenters. The number of hydrogen-bond donors (Lipinski definition) is 2. The molecule has 2 aromatic carbocycles. The molecule has 0 spiro atoms. The number of rotatable bonds is 5. The third kappa shape index (κ3) is 4.04. The minimum atomic E-state index is -0.756. The van der Waals surface area contributed by atoms with Crippen LogP contribution in [0.2, 0.25) is 0 Å². The Hall–Kier alpha value is -2.82. The van der Waals surface area contributed by atoms with Gasteiger partial charge in [0, 0.05) is 17.2 Å². The fourth-order valence-corrected chi connectivity index (χ4v) is 3.49. The standard InChI is InChI=1S/C21H23NO4/c1-26-19-8-3-2-7-18(19)16-5-4-6-17(13-16)22-20(23)14-9-11-15(12-10-14)21(24)25/h2-8,13-15H,9-12H2,1H3,(H,22,23)(H,24,25). The second-order valence-electron chi connectivity index (χ2n) is 6.66. The first kappa shape index (κ1) is 18.0. The van der Waals surface area contributed by atoms with Gasteiger partial charge in [0.2, 0.25) is 5.91 Å². The fourth-order valence-electron chi connectivity index (χ4n) is 3.49. The summed E-state index contributed by atoms with van der Waals surface area (Å²) in [5.41, 5.74) is 2.67. The zero-order chi connectivity index (χ0) is 18.5. The van der Waals surface area contributed by atoms with Crippen molar-refractivity contribution in [3.63, 3.8) is 0 Å². The van der Waals surface area contributed by atoms with Crippen molar-refractivity contribution in [2.45, 2.75) is 25.7 Å². The van der Waals surface area contributed by atoms with Crippen LogP contribution in [0.5, 0.6) is 5.75 Å². The van der Waals surface area contributed by atoms with Gasteiger partial charge in [0.1, 0.15) is 5.75 Å². The zero-order valence-corrected chi connectivity index (χ0v) is 14.8. The number of hydrogen-bond acceptors (Lipinski definition) is 3. The number of carbonyl (C=O) groups is 2. The summed E-state index contributed by atoms with van der Waals surface area (Å²) < 4.78 is 5.41. The lowest BCUT2D eigenvalue weighted by molar-refractivity contribution is -0.143. The molecule has 26 heavy (non-hydrogen) atoms. The minimum absolute atomic E-state index is 0.0361. The van der Waals surface area contributed by atoms with Gasteiger partial charge in [0.25, 0.3) is 0 Å². The molecule has 1 aliphatic rings. The molecule has 1 aliphatic carbocycles. The normalized spacial score (nSPS) is 19.6. The second-order valence-corrected chi connectivity index (χ2v) is 6.66. The zero-order valence-electron chi connectivity index (χ0n) is 14.8. The Labute approximate surface area is 153 Å². The van der Waals surface area contributed by atoms with Crippen LogP contribution < -0.4 is 10.1 Å². The first-order chi connectivity index (χ1) is 12.6. The van der Waals surface area contributed by atoms with Crippen molar-refractivity contribution in [1.29, 1.82) is 0 Å². The number of amides is 1. The molecule has 3 rings (SSSR count). The quantitative estimate of drug-likeness (QED) is 0.845. The van der Waals surface area contributed by atoms with Crippen LogP contribution >= 0.6 is 0 Å². The number of methoxy groups -OCH3 is 1. The molecule has 5 nitrogen and oxygen atoms in total. The Morgan fingerprint density at radius 2 is 1.69 bits per heavy atom. The van der Waals surface area contributed by atoms with Gasteiger partial charge in [-0.05, 0) is 49.4 Å². The van der Waals surface area contributed by atoms with Crippen molar-refractivity contribution in [3.8, 4) is 16.9 Å². The van der Waals surface area contributed by atoms with E-state index in [1.165, 1.54) is 0 Å². The molecule has 1 saturated carbocycles. The van der Waals surface area contributed by atoms with Crippen LogP contribution in [0, 0.1) is 11.8 Å². The lowest BCUT2D eigenvalue weighted by atomic mass is 9.81. The molecule has 2 aromatic rings. The summed E-state index contributed by atoms with van der Waals surface area (Å²) in [7, 11) is 1.64. The lowest BCUT2D eigenvalue weighted by Gasteiger charge is -2.25. The van der Waals surface area contributed by atoms with Gasteiger partial charge in [0.15, 0.2) is 0 Å². The van der Waals surface area contributed by atoms with Gasteiger partial charge in [-0.25, -0.2) is 0 Å². The van der Waals surface area contributed by atoms with Crippen molar-refractivity contribution in [2.24, 2.45) is 11.8 Å². The molecule has 136 valence electrons. The monoisotopic (exact) mass is 353 g/mol. The van der Waals surface area contributed by atoms with E-state index < -0.39 is 5.97 Å². The number of anilines is 1. The van der Waals surface area contributed by atoms with Gasteiger partial charge in [-0.15, -0.1) is 0 Å². The van der Waals surface area contributed by atoms with Crippen LogP contribution in [0.3, 0.4) is 0 Å². The molecule has 1 fully saturated rings. The predicted octanol–water partition coefficient (Wildman–Crippen LogP) is 4.19. The van der Waals surface area contributed by atoms with Crippen molar-refractivity contribution < 1.29 is 19.4 Å². The summed E-state index contributed by atoms with van der Waals surface area (Å²) in [6, 6.07) is 15.4. The highest BCUT2D eigenvalue weighted by atomic mass is 16.5. The van der Waals surface area contributed by atoms with E-state index in [4.69, 9.17) is 9.84 Å². The van der Waals surface area contributed by atoms with Crippen molar-refractivity contribution in [2.75, 3.05) is 12.4 Å². The molecule has 2 N–H and O–H groups in total. The minimum Gasteiger partial charge on any atom is -0.496 e. The Morgan fingerprint density at radius 3 is 2.38 bits per heavy atom. The van der Waals surface area contributed by atoms with E-state index in [1.54, 1.807) is 7.11 Å². The molecule has 0 bridgehead atoms. The van der Waals surface area contributed by atoms with Crippen molar-refractivity contribution in [3.05, 3.63) is 48.5 Å². The summed E-state index contributed by atoms with van der Waals surface area (Å²) in [6.07, 6.45) is 2.37. The van der Waals surface area contributed by atoms with Gasteiger partial charge in [-0.1, -0.05) is 30.3 Å². The smallest absolute Gasteiger partial charge is 0.306 e. The molecule has 0 radical (unpaired) electrons. The summed E-state index contributed by atoms with van der Waals surface area (Å²) in [5, 5.41) is 12.0. The summed E-state index contributed by atoms with van der Waals surface area (Å²) >= 11 is 0. The Kier molecular flexibility index (Phi) is 5.56. The number of carbonyl (C=O) groups excluding carboxylic acids is 1. The maximum Gasteiger partial charge on any atom is 0.306 e. The number of aliphatic carboxylic acids is 1. The Balaban J connectivity index is 1.69. The van der Waals surface area contributed by atoms with E-state index in [0.717, 1.165) is 22.6 Å². The number of nitrogens with one attached hydrogen (secondary N) is 1. The highest BCUT2D eigenvalue weighted by molar-refractivity contribution is 5.93. The average Bonchev–Trinajstić information content (AvgIpc) is 2.68. The molecule has 0 atom stereocenters. The molecule has 0 aromatic heterocycles. The third-order valence-corrected chi connectivity index (χ3v) is 5.00. The summed E-state index contributed by atoms with van der Waals surface area (Å²) in [4.78, 5) is 23.6. The molecule has 0 saturated heterocycles. The van der Waals surface area contributed by atoms with E-state index in [9.17, 15) is 9.59 Å². The Bertz CT molecular complexity index is 794. The maximum absolute atomic E-state index is 12.5. The molecule has 1 amide bonds. The number of carboxylic acid groups (broad SMARTS) is 1. The van der Waals surface area contributed by atoms with Crippen molar-refractivity contribution >= 4 is 17.6 Å². The highest BCUT2D eigenvalue weighted by Crippen LogP contribution is 2.32. The fraction of sp³-hybridized carbons (Fsp3) is 0.333. The molecule has 0 aliphatic heterocycles. The topological polar surface area (TPSA) is 75.6 Å². The highest BCUT2D eigenvalue weighted by Gasteiger charge is 2.29. The lowest BCUT2D eigenvalue weighted by Crippen LogP contribution is -2.29. The SMILES string of the molecule is COc1ccccc1-c1cccc(NC(=O)C2CCC(C(=O)O)CC2)c1. The maximum atomic E-state index is 12.5. The third-order valence-electron chi connectivity index (χ3n) is 5.00. The van der Waals surface area contributed by atoms with Crippen LogP contribution in [0.4, 0.5) is 5.69 Å². The summed E-state index contributed by atoms with van der Waals surface area (Å²) in [6.45, 7) is 0. The van der Waals surface area contributed by atoms with Crippen LogP contribution in [0.25, 0.3) is 11.1 Å². The first-order valence-electron chi connectivity index (χ1n) is 8.85. The predicted molar refractivity (Wildman–Crippen MR) is 100 cm³/mol. The summed E-state index contributed by atoms with van der Waals surface area (Å²) in [5.74, 6) is -0.448. The Morgan fingerprint density at radius 1 is 1.00 bits per heavy atom. The number of ether oxygens (including phenoxy) is 1. The molecule has 0 heterocycles. The average molecular weight is 353 g/mol. The largest absolute Gasteiger partial charge is 0.496 e. The molecular formula is C21H23NO4. The van der Waals surface area contributed by atoms with Gasteiger partial charge < -0.3 is 15.2 Å². The van der Waals surface area contributed by atoms with Crippen molar-refractivity contribution in [1.82, 2.24) is 0 Å². The van der Waals surface area contributed by atoms with E-state index >= 15 is 0 Å². The van der Waals surface area contributed by atoms with E-state index in [-0.39, 0.29) is 17.7 Å². The van der Waals surface area contributed by atoms with E-state index in [1.807, 2.05) is 48.5 Å². The van der Waals surface area contributed by atoms with Gasteiger partial charge >= 0.3 is 5.97 Å². The van der Waals surface area contributed by atoms with Gasteiger partial charge in [0.05, 0.1) is 13.0 Å². The molecule has 5 heteroatoms. The van der Waals surface area contributed by atoms with Crippen LogP contribution in [0.1, 0.15) is 25.7 Å². The number of para-hydroxylation sites is 1. The van der Waals surface area contributed by atoms with Crippen LogP contribution in [0.15, 0.2) is 48.5 Å². The van der Waals surface area contributed by atoms with E-state index in [2.05, 4.69) is 5.32 Å². The van der Waals surface area contributed by atoms with Crippen LogP contribution in [-0.2, 0) is 9.59 Å². The van der Waals surface area contributed by atoms with Crippen LogP contribution in [-0.4, -0.2) is 24.1 Å². The molecular weight excluding hydrogens is 330 g/mol. The number of benzene rings is 2. The second kappa shape index (κ2) is 8.04.